The molecule has 0 aliphatic heterocycles. The first-order valence-corrected chi connectivity index (χ1v) is 9.52. The van der Waals surface area contributed by atoms with Gasteiger partial charge in [0.25, 0.3) is 11.8 Å². The average molecular weight is 396 g/mol. The van der Waals surface area contributed by atoms with E-state index in [1.165, 1.54) is 5.01 Å². The fourth-order valence-corrected chi connectivity index (χ4v) is 2.99. The summed E-state index contributed by atoms with van der Waals surface area (Å²) in [7, 11) is 0. The Balaban J connectivity index is 2.20. The molecule has 0 unspecified atom stereocenters. The highest BCUT2D eigenvalue weighted by Crippen LogP contribution is 2.18. The van der Waals surface area contributed by atoms with Crippen LogP contribution in [0.4, 0.5) is 0 Å². The van der Waals surface area contributed by atoms with Gasteiger partial charge in [-0.2, -0.15) is 0 Å². The Morgan fingerprint density at radius 1 is 0.931 bits per heavy atom. The van der Waals surface area contributed by atoms with E-state index in [0.29, 0.717) is 17.5 Å². The van der Waals surface area contributed by atoms with Crippen molar-refractivity contribution in [3.8, 4) is 0 Å². The van der Waals surface area contributed by atoms with Gasteiger partial charge >= 0.3 is 5.97 Å². The van der Waals surface area contributed by atoms with E-state index >= 15 is 0 Å². The number of nitrogens with one attached hydrogen (secondary N) is 1. The van der Waals surface area contributed by atoms with Crippen molar-refractivity contribution in [3.63, 3.8) is 0 Å². The lowest BCUT2D eigenvalue weighted by Gasteiger charge is -2.35. The van der Waals surface area contributed by atoms with E-state index in [1.54, 1.807) is 36.4 Å². The Bertz CT molecular complexity index is 891. The predicted octanol–water partition coefficient (Wildman–Crippen LogP) is 3.91. The minimum atomic E-state index is -0.863. The van der Waals surface area contributed by atoms with E-state index in [1.807, 2.05) is 40.7 Å². The Hall–Kier alpha value is -3.15. The molecule has 0 heterocycles. The number of benzene rings is 2. The van der Waals surface area contributed by atoms with Gasteiger partial charge in [0.05, 0.1) is 5.54 Å². The predicted molar refractivity (Wildman–Crippen MR) is 112 cm³/mol. The first kappa shape index (κ1) is 22.1. The molecule has 2 N–H and O–H groups in total. The van der Waals surface area contributed by atoms with E-state index in [0.717, 1.165) is 16.7 Å². The number of carboxylic acid groups (broad SMARTS) is 1. The molecule has 0 bridgehead atoms. The van der Waals surface area contributed by atoms with Gasteiger partial charge < -0.3 is 5.11 Å². The zero-order valence-corrected chi connectivity index (χ0v) is 17.6. The summed E-state index contributed by atoms with van der Waals surface area (Å²) in [4.78, 5) is 36.6. The molecule has 6 heteroatoms. The summed E-state index contributed by atoms with van der Waals surface area (Å²) in [6.45, 7) is 9.40. The number of hydrazine groups is 1. The van der Waals surface area contributed by atoms with Crippen LogP contribution in [0, 0.1) is 13.8 Å². The Kier molecular flexibility index (Phi) is 6.80. The number of hydrogen-bond donors (Lipinski definition) is 2. The molecule has 0 saturated heterocycles. The summed E-state index contributed by atoms with van der Waals surface area (Å²) in [5, 5.41) is 10.1. The second kappa shape index (κ2) is 8.90. The number of hydrogen-bond acceptors (Lipinski definition) is 3. The molecular weight excluding hydrogens is 368 g/mol. The average Bonchev–Trinajstić information content (AvgIpc) is 2.62. The zero-order valence-electron chi connectivity index (χ0n) is 17.6. The molecule has 0 spiro atoms. The van der Waals surface area contributed by atoms with Crippen LogP contribution in [0.2, 0.25) is 0 Å². The minimum Gasteiger partial charge on any atom is -0.481 e. The van der Waals surface area contributed by atoms with Crippen LogP contribution < -0.4 is 5.43 Å². The fraction of sp³-hybridized carbons (Fsp3) is 0.348. The van der Waals surface area contributed by atoms with Gasteiger partial charge in [-0.1, -0.05) is 29.3 Å². The molecule has 6 nitrogen and oxygen atoms in total. The number of carbonyl (C=O) groups excluding carboxylic acids is 2. The van der Waals surface area contributed by atoms with Crippen molar-refractivity contribution in [2.75, 3.05) is 0 Å². The number of carbonyl (C=O) groups is 3. The Morgan fingerprint density at radius 2 is 1.48 bits per heavy atom. The van der Waals surface area contributed by atoms with Gasteiger partial charge in [0, 0.05) is 17.5 Å². The third-order valence-electron chi connectivity index (χ3n) is 4.40. The highest BCUT2D eigenvalue weighted by molar-refractivity contribution is 5.99. The smallest absolute Gasteiger partial charge is 0.303 e. The van der Waals surface area contributed by atoms with Gasteiger partial charge in [-0.3, -0.25) is 19.8 Å². The van der Waals surface area contributed by atoms with Crippen LogP contribution in [-0.2, 0) is 11.2 Å². The molecule has 154 valence electrons. The maximum Gasteiger partial charge on any atom is 0.303 e. The first-order valence-electron chi connectivity index (χ1n) is 9.52. The summed E-state index contributed by atoms with van der Waals surface area (Å²) < 4.78 is 0. The second-order valence-corrected chi connectivity index (χ2v) is 8.22. The third kappa shape index (κ3) is 6.17. The Morgan fingerprint density at radius 3 is 1.97 bits per heavy atom. The molecule has 0 aromatic heterocycles. The monoisotopic (exact) mass is 396 g/mol. The van der Waals surface area contributed by atoms with Crippen molar-refractivity contribution >= 4 is 17.8 Å². The number of rotatable bonds is 5. The van der Waals surface area contributed by atoms with Crippen molar-refractivity contribution in [2.45, 2.75) is 53.0 Å². The van der Waals surface area contributed by atoms with Crippen molar-refractivity contribution in [1.29, 1.82) is 0 Å². The maximum atomic E-state index is 13.1. The van der Waals surface area contributed by atoms with Crippen molar-refractivity contribution in [3.05, 3.63) is 70.3 Å². The van der Waals surface area contributed by atoms with Crippen LogP contribution in [0.5, 0.6) is 0 Å². The maximum absolute atomic E-state index is 13.1. The molecular formula is C23H28N2O4. The molecule has 29 heavy (non-hydrogen) atoms. The van der Waals surface area contributed by atoms with E-state index in [4.69, 9.17) is 5.11 Å². The highest BCUT2D eigenvalue weighted by atomic mass is 16.4. The summed E-state index contributed by atoms with van der Waals surface area (Å²) in [5.74, 6) is -1.55. The van der Waals surface area contributed by atoms with Gasteiger partial charge in [0.2, 0.25) is 0 Å². The molecule has 2 amide bonds. The van der Waals surface area contributed by atoms with E-state index in [9.17, 15) is 14.4 Å². The molecule has 2 aromatic rings. The summed E-state index contributed by atoms with van der Waals surface area (Å²) >= 11 is 0. The van der Waals surface area contributed by atoms with Crippen LogP contribution in [0.15, 0.2) is 42.5 Å². The molecule has 0 aliphatic carbocycles. The van der Waals surface area contributed by atoms with Crippen LogP contribution in [0.3, 0.4) is 0 Å². The summed E-state index contributed by atoms with van der Waals surface area (Å²) in [6, 6.07) is 12.3. The van der Waals surface area contributed by atoms with E-state index in [-0.39, 0.29) is 12.3 Å². The molecule has 0 radical (unpaired) electrons. The summed E-state index contributed by atoms with van der Waals surface area (Å²) in [5.41, 5.74) is 5.80. The second-order valence-electron chi connectivity index (χ2n) is 8.22. The fourth-order valence-electron chi connectivity index (χ4n) is 2.99. The lowest BCUT2D eigenvalue weighted by molar-refractivity contribution is -0.136. The largest absolute Gasteiger partial charge is 0.481 e. The van der Waals surface area contributed by atoms with Crippen LogP contribution in [0.1, 0.15) is 64.6 Å². The van der Waals surface area contributed by atoms with Crippen molar-refractivity contribution in [2.24, 2.45) is 0 Å². The topological polar surface area (TPSA) is 86.7 Å². The number of aliphatic carboxylic acids is 1. The first-order chi connectivity index (χ1) is 13.5. The van der Waals surface area contributed by atoms with Crippen molar-refractivity contribution < 1.29 is 19.5 Å². The van der Waals surface area contributed by atoms with E-state index < -0.39 is 17.4 Å². The van der Waals surface area contributed by atoms with Crippen molar-refractivity contribution in [1.82, 2.24) is 10.4 Å². The molecule has 0 fully saturated rings. The minimum absolute atomic E-state index is 0.0355. The Labute approximate surface area is 171 Å². The lowest BCUT2D eigenvalue weighted by atomic mass is 10.0. The van der Waals surface area contributed by atoms with Crippen LogP contribution >= 0.6 is 0 Å². The number of amides is 2. The number of aryl methyl sites for hydroxylation is 3. The molecule has 0 atom stereocenters. The number of carboxylic acids is 1. The van der Waals surface area contributed by atoms with Gasteiger partial charge in [-0.15, -0.1) is 0 Å². The van der Waals surface area contributed by atoms with Gasteiger partial charge in [-0.05, 0) is 70.9 Å². The molecule has 0 saturated carbocycles. The quantitative estimate of drug-likeness (QED) is 0.751. The normalized spacial score (nSPS) is 11.1. The van der Waals surface area contributed by atoms with Gasteiger partial charge in [0.1, 0.15) is 0 Å². The van der Waals surface area contributed by atoms with E-state index in [2.05, 4.69) is 5.43 Å². The number of nitrogens with zero attached hydrogens (tertiary/aromatic N) is 1. The molecule has 2 rings (SSSR count). The van der Waals surface area contributed by atoms with Crippen LogP contribution in [-0.4, -0.2) is 33.4 Å². The molecule has 2 aromatic carbocycles. The summed E-state index contributed by atoms with van der Waals surface area (Å²) in [6.07, 6.45) is 0.435. The highest BCUT2D eigenvalue weighted by Gasteiger charge is 2.29. The van der Waals surface area contributed by atoms with Gasteiger partial charge in [-0.25, -0.2) is 5.01 Å². The third-order valence-corrected chi connectivity index (χ3v) is 4.40. The molecule has 0 aliphatic rings. The van der Waals surface area contributed by atoms with Crippen LogP contribution in [0.25, 0.3) is 0 Å². The van der Waals surface area contributed by atoms with Gasteiger partial charge in [0.15, 0.2) is 0 Å². The lowest BCUT2D eigenvalue weighted by Crippen LogP contribution is -2.55. The SMILES string of the molecule is Cc1cc(C)cc(C(=O)N(NC(=O)c2ccc(CCC(=O)O)cc2)C(C)(C)C)c1. The standard InChI is InChI=1S/C23H28N2O4/c1-15-12-16(2)14-19(13-15)22(29)25(23(3,4)5)24-21(28)18-9-6-17(7-10-18)8-11-20(26)27/h6-7,9-10,12-14H,8,11H2,1-5H3,(H,24,28)(H,26,27). The zero-order chi connectivity index (χ0) is 21.8.